The van der Waals surface area contributed by atoms with Crippen LogP contribution in [0.5, 0.6) is 0 Å². The van der Waals surface area contributed by atoms with Crippen LogP contribution in [0.25, 0.3) is 0 Å². The van der Waals surface area contributed by atoms with Crippen LogP contribution in [0.1, 0.15) is 25.7 Å². The topological polar surface area (TPSA) is 68.2 Å². The predicted molar refractivity (Wildman–Crippen MR) is 64.8 cm³/mol. The number of methoxy groups -OCH3 is 1. The van der Waals surface area contributed by atoms with Gasteiger partial charge in [0.1, 0.15) is 6.79 Å². The molecule has 0 amide bonds. The van der Waals surface area contributed by atoms with E-state index in [4.69, 9.17) is 24.4 Å². The summed E-state index contributed by atoms with van der Waals surface area (Å²) in [6.45, 7) is 2.30. The van der Waals surface area contributed by atoms with Gasteiger partial charge in [-0.2, -0.15) is 0 Å². The van der Waals surface area contributed by atoms with E-state index in [1.54, 1.807) is 7.11 Å². The highest BCUT2D eigenvalue weighted by molar-refractivity contribution is 4.55. The Hall–Kier alpha value is -0.200. The van der Waals surface area contributed by atoms with Gasteiger partial charge in [0, 0.05) is 32.8 Å². The molecule has 0 aliphatic carbocycles. The molecule has 104 valence electrons. The Morgan fingerprint density at radius 2 is 1.59 bits per heavy atom. The van der Waals surface area contributed by atoms with Crippen molar-refractivity contribution >= 4 is 0 Å². The zero-order valence-electron chi connectivity index (χ0n) is 10.8. The van der Waals surface area contributed by atoms with E-state index in [2.05, 4.69) is 0 Å². The first kappa shape index (κ1) is 16.8. The van der Waals surface area contributed by atoms with Gasteiger partial charge in [-0.15, -0.1) is 0 Å². The molecule has 0 aromatic rings. The highest BCUT2D eigenvalue weighted by atomic mass is 16.7. The molecule has 0 fully saturated rings. The Balaban J connectivity index is 3.03. The summed E-state index contributed by atoms with van der Waals surface area (Å²) in [6, 6.07) is 0. The third-order valence-corrected chi connectivity index (χ3v) is 2.52. The first-order chi connectivity index (χ1) is 8.35. The van der Waals surface area contributed by atoms with E-state index in [9.17, 15) is 0 Å². The fourth-order valence-corrected chi connectivity index (χ4v) is 1.37. The number of ether oxygens (including phenoxy) is 3. The third kappa shape index (κ3) is 12.1. The molecule has 5 heteroatoms. The summed E-state index contributed by atoms with van der Waals surface area (Å²) in [5.41, 5.74) is 0. The smallest absolute Gasteiger partial charge is 0.146 e. The zero-order chi connectivity index (χ0) is 12.8. The van der Waals surface area contributed by atoms with Gasteiger partial charge in [0.15, 0.2) is 0 Å². The molecule has 0 saturated heterocycles. The monoisotopic (exact) mass is 250 g/mol. The SMILES string of the molecule is COCCOCOCCCCCC(CO)CO. The van der Waals surface area contributed by atoms with Crippen LogP contribution in [0.3, 0.4) is 0 Å². The Labute approximate surface area is 104 Å². The number of aliphatic hydroxyl groups is 2. The second-order valence-electron chi connectivity index (χ2n) is 4.01. The van der Waals surface area contributed by atoms with Crippen molar-refractivity contribution in [3.05, 3.63) is 0 Å². The third-order valence-electron chi connectivity index (χ3n) is 2.52. The second kappa shape index (κ2) is 13.9. The van der Waals surface area contributed by atoms with E-state index >= 15 is 0 Å². The highest BCUT2D eigenvalue weighted by Crippen LogP contribution is 2.08. The summed E-state index contributed by atoms with van der Waals surface area (Å²) in [4.78, 5) is 0. The molecule has 5 nitrogen and oxygen atoms in total. The Morgan fingerprint density at radius 3 is 2.24 bits per heavy atom. The van der Waals surface area contributed by atoms with Gasteiger partial charge in [0.2, 0.25) is 0 Å². The van der Waals surface area contributed by atoms with E-state index in [1.807, 2.05) is 0 Å². The van der Waals surface area contributed by atoms with Gasteiger partial charge in [-0.05, 0) is 12.8 Å². The molecule has 0 unspecified atom stereocenters. The number of unbranched alkanes of at least 4 members (excludes halogenated alkanes) is 2. The first-order valence-corrected chi connectivity index (χ1v) is 6.21. The normalized spacial score (nSPS) is 11.3. The van der Waals surface area contributed by atoms with Crippen molar-refractivity contribution in [1.82, 2.24) is 0 Å². The lowest BCUT2D eigenvalue weighted by atomic mass is 10.0. The van der Waals surface area contributed by atoms with Gasteiger partial charge in [-0.25, -0.2) is 0 Å². The molecule has 0 atom stereocenters. The molecular formula is C12H26O5. The standard InChI is InChI=1S/C12H26O5/c1-15-7-8-17-11-16-6-4-2-3-5-12(9-13)10-14/h12-14H,2-11H2,1H3. The maximum absolute atomic E-state index is 8.86. The van der Waals surface area contributed by atoms with Gasteiger partial charge in [-0.3, -0.25) is 0 Å². The lowest BCUT2D eigenvalue weighted by Crippen LogP contribution is -2.10. The zero-order valence-corrected chi connectivity index (χ0v) is 10.8. The largest absolute Gasteiger partial charge is 0.396 e. The summed E-state index contributed by atoms with van der Waals surface area (Å²) >= 11 is 0. The van der Waals surface area contributed by atoms with Gasteiger partial charge in [0.25, 0.3) is 0 Å². The minimum atomic E-state index is 0.0355. The highest BCUT2D eigenvalue weighted by Gasteiger charge is 2.04. The average Bonchev–Trinajstić information content (AvgIpc) is 2.36. The van der Waals surface area contributed by atoms with Gasteiger partial charge in [0.05, 0.1) is 13.2 Å². The average molecular weight is 250 g/mol. The Kier molecular flexibility index (Phi) is 13.7. The minimum Gasteiger partial charge on any atom is -0.396 e. The Bertz CT molecular complexity index is 139. The summed E-state index contributed by atoms with van der Waals surface area (Å²) in [5.74, 6) is 0.0355. The van der Waals surface area contributed by atoms with Crippen LogP contribution in [0.4, 0.5) is 0 Å². The van der Waals surface area contributed by atoms with Gasteiger partial charge < -0.3 is 24.4 Å². The van der Waals surface area contributed by atoms with Crippen molar-refractivity contribution in [3.8, 4) is 0 Å². The molecule has 0 spiro atoms. The van der Waals surface area contributed by atoms with Gasteiger partial charge >= 0.3 is 0 Å². The molecule has 0 rings (SSSR count). The summed E-state index contributed by atoms with van der Waals surface area (Å²) < 4.78 is 15.2. The summed E-state index contributed by atoms with van der Waals surface area (Å²) in [6.07, 6.45) is 3.92. The molecule has 0 aliphatic heterocycles. The van der Waals surface area contributed by atoms with E-state index in [-0.39, 0.29) is 19.1 Å². The summed E-state index contributed by atoms with van der Waals surface area (Å²) in [7, 11) is 1.64. The van der Waals surface area contributed by atoms with Crippen LogP contribution in [-0.2, 0) is 14.2 Å². The molecule has 0 aliphatic rings. The van der Waals surface area contributed by atoms with E-state index in [0.717, 1.165) is 25.7 Å². The number of hydrogen-bond acceptors (Lipinski definition) is 5. The van der Waals surface area contributed by atoms with Crippen molar-refractivity contribution < 1.29 is 24.4 Å². The quantitative estimate of drug-likeness (QED) is 0.373. The van der Waals surface area contributed by atoms with Crippen molar-refractivity contribution in [3.63, 3.8) is 0 Å². The molecule has 0 aromatic heterocycles. The molecule has 0 radical (unpaired) electrons. The van der Waals surface area contributed by atoms with Crippen molar-refractivity contribution in [2.45, 2.75) is 25.7 Å². The maximum atomic E-state index is 8.86. The van der Waals surface area contributed by atoms with E-state index in [1.165, 1.54) is 0 Å². The predicted octanol–water partition coefficient (Wildman–Crippen LogP) is 0.785. The van der Waals surface area contributed by atoms with E-state index in [0.29, 0.717) is 26.6 Å². The molecular weight excluding hydrogens is 224 g/mol. The molecule has 0 aromatic carbocycles. The van der Waals surface area contributed by atoms with Crippen molar-refractivity contribution in [1.29, 1.82) is 0 Å². The minimum absolute atomic E-state index is 0.0355. The maximum Gasteiger partial charge on any atom is 0.146 e. The van der Waals surface area contributed by atoms with Crippen LogP contribution >= 0.6 is 0 Å². The van der Waals surface area contributed by atoms with Crippen LogP contribution < -0.4 is 0 Å². The van der Waals surface area contributed by atoms with E-state index < -0.39 is 0 Å². The lowest BCUT2D eigenvalue weighted by molar-refractivity contribution is -0.0664. The van der Waals surface area contributed by atoms with Crippen LogP contribution in [-0.4, -0.2) is 57.2 Å². The van der Waals surface area contributed by atoms with Crippen LogP contribution in [0, 0.1) is 5.92 Å². The molecule has 0 saturated carbocycles. The fourth-order valence-electron chi connectivity index (χ4n) is 1.37. The van der Waals surface area contributed by atoms with Crippen molar-refractivity contribution in [2.24, 2.45) is 5.92 Å². The second-order valence-corrected chi connectivity index (χ2v) is 4.01. The summed E-state index contributed by atoms with van der Waals surface area (Å²) in [5, 5.41) is 17.7. The molecule has 2 N–H and O–H groups in total. The van der Waals surface area contributed by atoms with Crippen LogP contribution in [0.15, 0.2) is 0 Å². The molecule has 0 heterocycles. The number of aliphatic hydroxyl groups excluding tert-OH is 2. The Morgan fingerprint density at radius 1 is 0.882 bits per heavy atom. The number of rotatable bonds is 13. The van der Waals surface area contributed by atoms with Crippen molar-refractivity contribution in [2.75, 3.05) is 46.9 Å². The lowest BCUT2D eigenvalue weighted by Gasteiger charge is -2.10. The van der Waals surface area contributed by atoms with Crippen LogP contribution in [0.2, 0.25) is 0 Å². The molecule has 0 bridgehead atoms. The first-order valence-electron chi connectivity index (χ1n) is 6.21. The fraction of sp³-hybridized carbons (Fsp3) is 1.00. The van der Waals surface area contributed by atoms with Gasteiger partial charge in [-0.1, -0.05) is 12.8 Å². The number of hydrogen-bond donors (Lipinski definition) is 2. The molecule has 17 heavy (non-hydrogen) atoms.